The van der Waals surface area contributed by atoms with Crippen LogP contribution in [-0.2, 0) is 18.3 Å². The van der Waals surface area contributed by atoms with Crippen LogP contribution in [0.25, 0.3) is 10.9 Å². The number of aliphatic hydroxyl groups is 1. The van der Waals surface area contributed by atoms with Crippen LogP contribution in [0.3, 0.4) is 0 Å². The highest BCUT2D eigenvalue weighted by Gasteiger charge is 2.57. The molecule has 162 valence electrons. The predicted octanol–water partition coefficient (Wildman–Crippen LogP) is 4.37. The van der Waals surface area contributed by atoms with Gasteiger partial charge in [-0.2, -0.15) is 0 Å². The fourth-order valence-corrected chi connectivity index (χ4v) is 6.29. The zero-order chi connectivity index (χ0) is 21.2. The van der Waals surface area contributed by atoms with Crippen molar-refractivity contribution in [2.24, 2.45) is 5.92 Å². The molecule has 0 radical (unpaired) electrons. The van der Waals surface area contributed by atoms with Crippen molar-refractivity contribution in [1.29, 1.82) is 0 Å². The van der Waals surface area contributed by atoms with Gasteiger partial charge in [0.25, 0.3) is 0 Å². The van der Waals surface area contributed by atoms with Crippen LogP contribution in [0.5, 0.6) is 5.75 Å². The van der Waals surface area contributed by atoms with Crippen molar-refractivity contribution in [2.75, 3.05) is 26.7 Å². The van der Waals surface area contributed by atoms with E-state index in [1.165, 1.54) is 46.1 Å². The van der Waals surface area contributed by atoms with Crippen LogP contribution in [0, 0.1) is 12.8 Å². The number of H-pyrrole nitrogens is 1. The first kappa shape index (κ1) is 19.4. The van der Waals surface area contributed by atoms with Gasteiger partial charge >= 0.3 is 0 Å². The van der Waals surface area contributed by atoms with E-state index in [1.807, 2.05) is 6.07 Å². The molecule has 3 aromatic rings. The number of methoxy groups -OCH3 is 1. The summed E-state index contributed by atoms with van der Waals surface area (Å²) in [6.45, 7) is 5.07. The number of hydrogen-bond acceptors (Lipinski definition) is 3. The second kappa shape index (κ2) is 6.85. The Hall–Kier alpha value is -2.30. The maximum atomic E-state index is 12.4. The Bertz CT molecular complexity index is 1150. The Morgan fingerprint density at radius 3 is 2.84 bits per heavy atom. The van der Waals surface area contributed by atoms with E-state index >= 15 is 0 Å². The van der Waals surface area contributed by atoms with E-state index in [1.54, 1.807) is 7.11 Å². The van der Waals surface area contributed by atoms with Crippen LogP contribution in [0.15, 0.2) is 42.5 Å². The van der Waals surface area contributed by atoms with Gasteiger partial charge in [0.15, 0.2) is 0 Å². The molecule has 0 amide bonds. The lowest BCUT2D eigenvalue weighted by Crippen LogP contribution is -2.66. The number of fused-ring (bicyclic) bond motifs is 4. The molecule has 2 aromatic carbocycles. The summed E-state index contributed by atoms with van der Waals surface area (Å²) in [4.78, 5) is 6.26. The van der Waals surface area contributed by atoms with Crippen LogP contribution in [0.1, 0.15) is 41.6 Å². The molecule has 4 heteroatoms. The average molecular weight is 417 g/mol. The van der Waals surface area contributed by atoms with Gasteiger partial charge in [0.2, 0.25) is 0 Å². The molecule has 4 nitrogen and oxygen atoms in total. The number of benzene rings is 2. The highest BCUT2D eigenvalue weighted by Crippen LogP contribution is 2.52. The summed E-state index contributed by atoms with van der Waals surface area (Å²) in [5.74, 6) is 1.70. The van der Waals surface area contributed by atoms with E-state index in [-0.39, 0.29) is 5.41 Å². The molecule has 0 unspecified atom stereocenters. The van der Waals surface area contributed by atoms with Crippen molar-refractivity contribution in [2.45, 2.75) is 50.0 Å². The molecule has 2 heterocycles. The summed E-state index contributed by atoms with van der Waals surface area (Å²) in [7, 11) is 1.72. The van der Waals surface area contributed by atoms with Gasteiger partial charge in [0, 0.05) is 47.9 Å². The summed E-state index contributed by atoms with van der Waals surface area (Å²) in [5, 5.41) is 13.7. The van der Waals surface area contributed by atoms with Crippen LogP contribution >= 0.6 is 0 Å². The van der Waals surface area contributed by atoms with E-state index in [9.17, 15) is 5.11 Å². The second-order valence-electron chi connectivity index (χ2n) is 10.3. The summed E-state index contributed by atoms with van der Waals surface area (Å²) in [6.07, 6.45) is 5.21. The van der Waals surface area contributed by atoms with Crippen LogP contribution in [0.4, 0.5) is 0 Å². The van der Waals surface area contributed by atoms with E-state index in [0.717, 1.165) is 44.1 Å². The number of aromatic amines is 1. The molecule has 2 fully saturated rings. The number of hydrogen-bond donors (Lipinski definition) is 2. The SMILES string of the molecule is COc1cccc([C@@]23CCN(CC4CC4)C[C@@]2(O)Cc2c([nH]c4cc(C)ccc24)C3)c1. The minimum Gasteiger partial charge on any atom is -0.497 e. The fraction of sp³-hybridized carbons (Fsp3) is 0.481. The third-order valence-electron chi connectivity index (χ3n) is 8.16. The highest BCUT2D eigenvalue weighted by molar-refractivity contribution is 5.86. The minimum absolute atomic E-state index is 0.301. The van der Waals surface area contributed by atoms with Gasteiger partial charge in [-0.05, 0) is 73.5 Å². The number of nitrogens with one attached hydrogen (secondary N) is 1. The number of nitrogens with zero attached hydrogens (tertiary/aromatic N) is 1. The molecule has 1 saturated carbocycles. The molecule has 0 bridgehead atoms. The van der Waals surface area contributed by atoms with Gasteiger partial charge in [0.1, 0.15) is 5.75 Å². The van der Waals surface area contributed by atoms with E-state index in [0.29, 0.717) is 6.42 Å². The third kappa shape index (κ3) is 3.03. The van der Waals surface area contributed by atoms with Crippen molar-refractivity contribution >= 4 is 10.9 Å². The quantitative estimate of drug-likeness (QED) is 0.664. The number of likely N-dealkylation sites (tertiary alicyclic amines) is 1. The van der Waals surface area contributed by atoms with E-state index in [4.69, 9.17) is 4.74 Å². The Morgan fingerprint density at radius 1 is 1.16 bits per heavy atom. The Kier molecular flexibility index (Phi) is 4.28. The maximum Gasteiger partial charge on any atom is 0.119 e. The van der Waals surface area contributed by atoms with Crippen molar-refractivity contribution < 1.29 is 9.84 Å². The number of rotatable bonds is 4. The lowest BCUT2D eigenvalue weighted by molar-refractivity contribution is -0.103. The summed E-state index contributed by atoms with van der Waals surface area (Å²) in [6, 6.07) is 15.1. The first-order valence-electron chi connectivity index (χ1n) is 11.7. The lowest BCUT2D eigenvalue weighted by Gasteiger charge is -2.56. The Balaban J connectivity index is 1.49. The lowest BCUT2D eigenvalue weighted by atomic mass is 9.56. The number of piperidine rings is 1. The zero-order valence-electron chi connectivity index (χ0n) is 18.6. The van der Waals surface area contributed by atoms with E-state index in [2.05, 4.69) is 53.2 Å². The number of aromatic nitrogens is 1. The monoisotopic (exact) mass is 416 g/mol. The molecule has 31 heavy (non-hydrogen) atoms. The molecular formula is C27H32N2O2. The third-order valence-corrected chi connectivity index (χ3v) is 8.16. The minimum atomic E-state index is -0.792. The molecule has 2 N–H and O–H groups in total. The molecule has 1 aromatic heterocycles. The highest BCUT2D eigenvalue weighted by atomic mass is 16.5. The Morgan fingerprint density at radius 2 is 2.03 bits per heavy atom. The van der Waals surface area contributed by atoms with Crippen molar-refractivity contribution in [1.82, 2.24) is 9.88 Å². The first-order chi connectivity index (χ1) is 15.0. The number of ether oxygens (including phenoxy) is 1. The van der Waals surface area contributed by atoms with Crippen molar-refractivity contribution in [3.05, 3.63) is 64.8 Å². The molecule has 2 aliphatic carbocycles. The van der Waals surface area contributed by atoms with Crippen molar-refractivity contribution in [3.63, 3.8) is 0 Å². The normalized spacial score (nSPS) is 28.4. The van der Waals surface area contributed by atoms with Gasteiger partial charge in [-0.3, -0.25) is 0 Å². The summed E-state index contributed by atoms with van der Waals surface area (Å²) < 4.78 is 5.57. The topological polar surface area (TPSA) is 48.5 Å². The van der Waals surface area contributed by atoms with Gasteiger partial charge in [0.05, 0.1) is 12.7 Å². The van der Waals surface area contributed by atoms with Crippen molar-refractivity contribution in [3.8, 4) is 5.75 Å². The van der Waals surface area contributed by atoms with Crippen LogP contribution < -0.4 is 4.74 Å². The molecular weight excluding hydrogens is 384 g/mol. The summed E-state index contributed by atoms with van der Waals surface area (Å²) >= 11 is 0. The average Bonchev–Trinajstić information content (AvgIpc) is 3.51. The summed E-state index contributed by atoms with van der Waals surface area (Å²) in [5.41, 5.74) is 5.18. The first-order valence-corrected chi connectivity index (χ1v) is 11.7. The fourth-order valence-electron chi connectivity index (χ4n) is 6.29. The standard InChI is InChI=1S/C27H32N2O2/c1-18-6-9-22-23-14-27(30)17-29(16-19-7-8-19)11-10-26(27,15-25(23)28-24(22)12-18)20-4-3-5-21(13-20)31-2/h3-6,9,12-13,19,28,30H,7-8,10-11,14-17H2,1-2H3/t26-,27-/m0/s1. The maximum absolute atomic E-state index is 12.4. The molecule has 1 aliphatic heterocycles. The van der Waals surface area contributed by atoms with Gasteiger partial charge in [-0.15, -0.1) is 0 Å². The molecule has 1 saturated heterocycles. The smallest absolute Gasteiger partial charge is 0.119 e. The predicted molar refractivity (Wildman–Crippen MR) is 124 cm³/mol. The number of aryl methyl sites for hydroxylation is 1. The van der Waals surface area contributed by atoms with Crippen LogP contribution in [0.2, 0.25) is 0 Å². The Labute approximate surface area is 184 Å². The van der Waals surface area contributed by atoms with Gasteiger partial charge in [-0.1, -0.05) is 24.3 Å². The molecule has 6 rings (SSSR count). The number of β-amino-alcohol motifs (C(OH)–C–C–N with tert-alkyl or cyclic N) is 1. The molecule has 0 spiro atoms. The largest absolute Gasteiger partial charge is 0.497 e. The second-order valence-corrected chi connectivity index (χ2v) is 10.3. The van der Waals surface area contributed by atoms with E-state index < -0.39 is 5.60 Å². The van der Waals surface area contributed by atoms with Crippen LogP contribution in [-0.4, -0.2) is 47.3 Å². The zero-order valence-corrected chi connectivity index (χ0v) is 18.6. The molecule has 2 atom stereocenters. The van der Waals surface area contributed by atoms with Gasteiger partial charge < -0.3 is 19.7 Å². The van der Waals surface area contributed by atoms with Gasteiger partial charge in [-0.25, -0.2) is 0 Å². The molecule has 3 aliphatic rings.